The number of alkyl halides is 1. The molecule has 0 aromatic carbocycles. The Morgan fingerprint density at radius 1 is 1.33 bits per heavy atom. The summed E-state index contributed by atoms with van der Waals surface area (Å²) in [4.78, 5) is 9.41. The quantitative estimate of drug-likeness (QED) is 0.768. The van der Waals surface area contributed by atoms with E-state index in [4.69, 9.17) is 11.6 Å². The molecular weight excluding hydrogens is 246 g/mol. The molecule has 1 saturated heterocycles. The molecule has 1 aliphatic heterocycles. The van der Waals surface area contributed by atoms with E-state index >= 15 is 0 Å². The maximum atomic E-state index is 5.93. The minimum Gasteiger partial charge on any atom is -0.353 e. The molecule has 1 aromatic rings. The van der Waals surface area contributed by atoms with Crippen molar-refractivity contribution in [2.24, 2.45) is 0 Å². The van der Waals surface area contributed by atoms with E-state index in [1.165, 1.54) is 0 Å². The monoisotopic (exact) mass is 267 g/mol. The summed E-state index contributed by atoms with van der Waals surface area (Å²) >= 11 is 5.93. The molecule has 0 spiro atoms. The van der Waals surface area contributed by atoms with Gasteiger partial charge in [-0.1, -0.05) is 0 Å². The van der Waals surface area contributed by atoms with Crippen molar-refractivity contribution in [2.75, 3.05) is 31.6 Å². The standard InChI is InChI=1S/C14H22ClN3/c1-11-7-12(9-15)8-13(16-11)18-6-5-17(4)14(2,3)10-18/h7-8H,5-6,9-10H2,1-4H3. The number of hydrogen-bond donors (Lipinski definition) is 0. The Bertz CT molecular complexity index is 431. The first-order chi connectivity index (χ1) is 8.42. The van der Waals surface area contributed by atoms with Crippen LogP contribution in [0.15, 0.2) is 12.1 Å². The Kier molecular flexibility index (Phi) is 3.83. The van der Waals surface area contributed by atoms with Crippen LogP contribution >= 0.6 is 11.6 Å². The summed E-state index contributed by atoms with van der Waals surface area (Å²) < 4.78 is 0. The SMILES string of the molecule is Cc1cc(CCl)cc(N2CCN(C)C(C)(C)C2)n1. The number of anilines is 1. The summed E-state index contributed by atoms with van der Waals surface area (Å²) in [6.07, 6.45) is 0. The number of nitrogens with zero attached hydrogens (tertiary/aromatic N) is 3. The lowest BCUT2D eigenvalue weighted by Crippen LogP contribution is -2.57. The van der Waals surface area contributed by atoms with Gasteiger partial charge in [0.15, 0.2) is 0 Å². The Hall–Kier alpha value is -0.800. The number of halogens is 1. The van der Waals surface area contributed by atoms with Gasteiger partial charge in [-0.2, -0.15) is 0 Å². The van der Waals surface area contributed by atoms with Crippen LogP contribution < -0.4 is 4.90 Å². The third kappa shape index (κ3) is 2.78. The summed E-state index contributed by atoms with van der Waals surface area (Å²) in [5.74, 6) is 1.61. The molecule has 4 heteroatoms. The fourth-order valence-electron chi connectivity index (χ4n) is 2.40. The van der Waals surface area contributed by atoms with Crippen LogP contribution in [0.3, 0.4) is 0 Å². The summed E-state index contributed by atoms with van der Waals surface area (Å²) in [5.41, 5.74) is 2.38. The molecule has 100 valence electrons. The number of rotatable bonds is 2. The van der Waals surface area contributed by atoms with Gasteiger partial charge in [0.2, 0.25) is 0 Å². The van der Waals surface area contributed by atoms with Gasteiger partial charge < -0.3 is 4.90 Å². The van der Waals surface area contributed by atoms with Gasteiger partial charge in [-0.25, -0.2) is 4.98 Å². The third-order valence-corrected chi connectivity index (χ3v) is 4.10. The molecule has 1 aliphatic rings. The topological polar surface area (TPSA) is 19.4 Å². The number of likely N-dealkylation sites (N-methyl/N-ethyl adjacent to an activating group) is 1. The van der Waals surface area contributed by atoms with Crippen LogP contribution in [-0.4, -0.2) is 42.1 Å². The zero-order chi connectivity index (χ0) is 13.3. The van der Waals surface area contributed by atoms with E-state index in [0.29, 0.717) is 5.88 Å². The van der Waals surface area contributed by atoms with Crippen LogP contribution in [0, 0.1) is 6.92 Å². The van der Waals surface area contributed by atoms with E-state index in [1.54, 1.807) is 0 Å². The number of hydrogen-bond acceptors (Lipinski definition) is 3. The van der Waals surface area contributed by atoms with Crippen LogP contribution in [0.2, 0.25) is 0 Å². The first kappa shape index (κ1) is 13.6. The lowest BCUT2D eigenvalue weighted by atomic mass is 9.99. The Morgan fingerprint density at radius 2 is 2.06 bits per heavy atom. The second-order valence-corrected chi connectivity index (χ2v) is 6.03. The summed E-state index contributed by atoms with van der Waals surface area (Å²) in [6, 6.07) is 4.17. The van der Waals surface area contributed by atoms with Crippen LogP contribution in [0.5, 0.6) is 0 Å². The van der Waals surface area contributed by atoms with Crippen LogP contribution in [-0.2, 0) is 5.88 Å². The Morgan fingerprint density at radius 3 is 2.67 bits per heavy atom. The highest BCUT2D eigenvalue weighted by Gasteiger charge is 2.31. The van der Waals surface area contributed by atoms with Gasteiger partial charge in [-0.3, -0.25) is 4.90 Å². The summed E-state index contributed by atoms with van der Waals surface area (Å²) in [7, 11) is 2.19. The van der Waals surface area contributed by atoms with Crippen molar-refractivity contribution < 1.29 is 0 Å². The first-order valence-corrected chi connectivity index (χ1v) is 6.95. The van der Waals surface area contributed by atoms with E-state index in [9.17, 15) is 0 Å². The largest absolute Gasteiger partial charge is 0.353 e. The molecule has 0 atom stereocenters. The number of aromatic nitrogens is 1. The maximum Gasteiger partial charge on any atom is 0.129 e. The van der Waals surface area contributed by atoms with Crippen molar-refractivity contribution in [3.05, 3.63) is 23.4 Å². The molecule has 0 N–H and O–H groups in total. The highest BCUT2D eigenvalue weighted by molar-refractivity contribution is 6.17. The lowest BCUT2D eigenvalue weighted by Gasteiger charge is -2.45. The molecule has 2 rings (SSSR count). The van der Waals surface area contributed by atoms with Crippen molar-refractivity contribution in [3.63, 3.8) is 0 Å². The van der Waals surface area contributed by atoms with Crippen molar-refractivity contribution in [3.8, 4) is 0 Å². The second-order valence-electron chi connectivity index (χ2n) is 5.76. The minimum atomic E-state index is 0.185. The van der Waals surface area contributed by atoms with E-state index in [-0.39, 0.29) is 5.54 Å². The normalized spacial score (nSPS) is 20.2. The predicted octanol–water partition coefficient (Wildman–Crippen LogP) is 2.66. The number of pyridine rings is 1. The maximum absolute atomic E-state index is 5.93. The van der Waals surface area contributed by atoms with Crippen LogP contribution in [0.1, 0.15) is 25.1 Å². The van der Waals surface area contributed by atoms with Gasteiger partial charge >= 0.3 is 0 Å². The van der Waals surface area contributed by atoms with Crippen molar-refractivity contribution in [1.82, 2.24) is 9.88 Å². The fourth-order valence-corrected chi connectivity index (χ4v) is 2.55. The molecule has 0 bridgehead atoms. The molecule has 1 fully saturated rings. The zero-order valence-corrected chi connectivity index (χ0v) is 12.5. The Labute approximate surface area is 115 Å². The van der Waals surface area contributed by atoms with E-state index in [2.05, 4.69) is 47.8 Å². The first-order valence-electron chi connectivity index (χ1n) is 6.42. The predicted molar refractivity (Wildman–Crippen MR) is 77.5 cm³/mol. The summed E-state index contributed by atoms with van der Waals surface area (Å²) in [6.45, 7) is 9.67. The van der Waals surface area contributed by atoms with Gasteiger partial charge in [0.1, 0.15) is 5.82 Å². The van der Waals surface area contributed by atoms with Crippen molar-refractivity contribution in [1.29, 1.82) is 0 Å². The molecule has 1 aromatic heterocycles. The minimum absolute atomic E-state index is 0.185. The van der Waals surface area contributed by atoms with Gasteiger partial charge in [0, 0.05) is 36.7 Å². The smallest absolute Gasteiger partial charge is 0.129 e. The lowest BCUT2D eigenvalue weighted by molar-refractivity contribution is 0.138. The second kappa shape index (κ2) is 5.06. The molecular formula is C14H22ClN3. The molecule has 0 aliphatic carbocycles. The van der Waals surface area contributed by atoms with E-state index in [0.717, 1.165) is 36.7 Å². The fraction of sp³-hybridized carbons (Fsp3) is 0.643. The van der Waals surface area contributed by atoms with Crippen LogP contribution in [0.4, 0.5) is 5.82 Å². The Balaban J connectivity index is 2.24. The van der Waals surface area contributed by atoms with Crippen molar-refractivity contribution in [2.45, 2.75) is 32.2 Å². The molecule has 0 saturated carbocycles. The zero-order valence-electron chi connectivity index (χ0n) is 11.7. The third-order valence-electron chi connectivity index (χ3n) is 3.79. The molecule has 2 heterocycles. The van der Waals surface area contributed by atoms with Crippen molar-refractivity contribution >= 4 is 17.4 Å². The molecule has 3 nitrogen and oxygen atoms in total. The van der Waals surface area contributed by atoms with E-state index < -0.39 is 0 Å². The average Bonchev–Trinajstić information content (AvgIpc) is 2.31. The number of piperazine rings is 1. The summed E-state index contributed by atoms with van der Waals surface area (Å²) in [5, 5.41) is 0. The molecule has 0 radical (unpaired) electrons. The van der Waals surface area contributed by atoms with Gasteiger partial charge in [0.25, 0.3) is 0 Å². The van der Waals surface area contributed by atoms with Crippen LogP contribution in [0.25, 0.3) is 0 Å². The average molecular weight is 268 g/mol. The van der Waals surface area contributed by atoms with Gasteiger partial charge in [0.05, 0.1) is 0 Å². The number of aryl methyl sites for hydroxylation is 1. The highest BCUT2D eigenvalue weighted by atomic mass is 35.5. The molecule has 0 amide bonds. The highest BCUT2D eigenvalue weighted by Crippen LogP contribution is 2.24. The molecule has 18 heavy (non-hydrogen) atoms. The van der Waals surface area contributed by atoms with Gasteiger partial charge in [-0.15, -0.1) is 11.6 Å². The van der Waals surface area contributed by atoms with E-state index in [1.807, 2.05) is 6.92 Å². The molecule has 0 unspecified atom stereocenters. The van der Waals surface area contributed by atoms with Gasteiger partial charge in [-0.05, 0) is 45.5 Å².